The van der Waals surface area contributed by atoms with Crippen molar-refractivity contribution < 1.29 is 9.59 Å². The van der Waals surface area contributed by atoms with Crippen LogP contribution in [-0.4, -0.2) is 17.1 Å². The zero-order valence-electron chi connectivity index (χ0n) is 18.1. The first-order valence-electron chi connectivity index (χ1n) is 10.4. The van der Waals surface area contributed by atoms with Gasteiger partial charge in [0.25, 0.3) is 5.91 Å². The van der Waals surface area contributed by atoms with Crippen molar-refractivity contribution in [3.05, 3.63) is 103 Å². The van der Waals surface area contributed by atoms with Gasteiger partial charge in [0, 0.05) is 20.3 Å². The lowest BCUT2D eigenvalue weighted by Gasteiger charge is -2.19. The SMILES string of the molecule is Cc1ccc(N2C(=O)[C@H](Cc3ccc(Br)cc3)S/C2=C(/C#N)C(=O)Nc2ccc(Br)cc2)cc1. The predicted octanol–water partition coefficient (Wildman–Crippen LogP) is 6.59. The average molecular weight is 597 g/mol. The highest BCUT2D eigenvalue weighted by atomic mass is 79.9. The molecule has 0 aromatic heterocycles. The van der Waals surface area contributed by atoms with Crippen molar-refractivity contribution in [2.45, 2.75) is 18.6 Å². The quantitative estimate of drug-likeness (QED) is 0.266. The first kappa shape index (κ1) is 24.3. The molecule has 34 heavy (non-hydrogen) atoms. The number of thioether (sulfide) groups is 1. The standard InChI is InChI=1S/C26H19Br2N3O2S/c1-16-2-12-21(13-3-16)31-25(33)23(14-17-4-6-18(27)7-5-17)34-26(31)22(15-29)24(32)30-20-10-8-19(28)9-11-20/h2-13,23H,14H2,1H3,(H,30,32)/b26-22-/t23-/m0/s1. The van der Waals surface area contributed by atoms with E-state index in [1.54, 1.807) is 24.3 Å². The Morgan fingerprint density at radius 1 is 1.00 bits per heavy atom. The zero-order valence-corrected chi connectivity index (χ0v) is 22.1. The van der Waals surface area contributed by atoms with Gasteiger partial charge >= 0.3 is 0 Å². The molecule has 4 rings (SSSR count). The number of rotatable bonds is 5. The summed E-state index contributed by atoms with van der Waals surface area (Å²) in [4.78, 5) is 28.1. The monoisotopic (exact) mass is 595 g/mol. The minimum absolute atomic E-state index is 0.0971. The molecule has 0 unspecified atom stereocenters. The molecule has 2 amide bonds. The van der Waals surface area contributed by atoms with Crippen molar-refractivity contribution in [1.82, 2.24) is 0 Å². The number of amides is 2. The normalized spacial score (nSPS) is 16.8. The molecule has 1 atom stereocenters. The van der Waals surface area contributed by atoms with Gasteiger partial charge in [-0.05, 0) is 67.4 Å². The van der Waals surface area contributed by atoms with Crippen molar-refractivity contribution in [2.24, 2.45) is 0 Å². The van der Waals surface area contributed by atoms with Crippen LogP contribution in [0.5, 0.6) is 0 Å². The Bertz CT molecular complexity index is 1300. The summed E-state index contributed by atoms with van der Waals surface area (Å²) in [5.74, 6) is -0.711. The van der Waals surface area contributed by atoms with E-state index in [9.17, 15) is 14.9 Å². The molecular formula is C26H19Br2N3O2S. The van der Waals surface area contributed by atoms with Gasteiger partial charge in [-0.3, -0.25) is 14.5 Å². The van der Waals surface area contributed by atoms with E-state index in [2.05, 4.69) is 37.2 Å². The topological polar surface area (TPSA) is 73.2 Å². The molecule has 0 saturated carbocycles. The van der Waals surface area contributed by atoms with Crippen LogP contribution in [0.1, 0.15) is 11.1 Å². The second-order valence-corrected chi connectivity index (χ2v) is 10.7. The number of carbonyl (C=O) groups is 2. The molecule has 3 aromatic rings. The van der Waals surface area contributed by atoms with Crippen LogP contribution in [0.3, 0.4) is 0 Å². The van der Waals surface area contributed by atoms with Gasteiger partial charge in [0.1, 0.15) is 16.7 Å². The summed E-state index contributed by atoms with van der Waals surface area (Å²) < 4.78 is 1.84. The molecule has 1 fully saturated rings. The molecule has 1 N–H and O–H groups in total. The predicted molar refractivity (Wildman–Crippen MR) is 143 cm³/mol. The molecule has 8 heteroatoms. The van der Waals surface area contributed by atoms with E-state index in [4.69, 9.17) is 0 Å². The van der Waals surface area contributed by atoms with Gasteiger partial charge in [-0.1, -0.05) is 73.5 Å². The molecule has 1 saturated heterocycles. The maximum absolute atomic E-state index is 13.5. The summed E-state index contributed by atoms with van der Waals surface area (Å²) in [5.41, 5.74) is 3.13. The molecule has 1 aliphatic heterocycles. The lowest BCUT2D eigenvalue weighted by Crippen LogP contribution is -2.30. The number of aryl methyl sites for hydroxylation is 1. The van der Waals surface area contributed by atoms with Crippen molar-refractivity contribution in [2.75, 3.05) is 10.2 Å². The Hall–Kier alpha value is -2.86. The third-order valence-electron chi connectivity index (χ3n) is 5.23. The van der Waals surface area contributed by atoms with Gasteiger partial charge in [0.2, 0.25) is 5.91 Å². The number of hydrogen-bond donors (Lipinski definition) is 1. The van der Waals surface area contributed by atoms with E-state index in [0.29, 0.717) is 22.8 Å². The number of halogens is 2. The Kier molecular flexibility index (Phi) is 7.57. The molecular weight excluding hydrogens is 578 g/mol. The number of nitrogens with zero attached hydrogens (tertiary/aromatic N) is 2. The van der Waals surface area contributed by atoms with Crippen LogP contribution in [0.2, 0.25) is 0 Å². The fraction of sp³-hybridized carbons (Fsp3) is 0.115. The van der Waals surface area contributed by atoms with Crippen molar-refractivity contribution in [3.8, 4) is 6.07 Å². The molecule has 3 aromatic carbocycles. The summed E-state index contributed by atoms with van der Waals surface area (Å²) in [6, 6.07) is 24.4. The van der Waals surface area contributed by atoms with E-state index in [1.165, 1.54) is 16.7 Å². The van der Waals surface area contributed by atoms with Crippen LogP contribution < -0.4 is 10.2 Å². The van der Waals surface area contributed by atoms with Gasteiger partial charge in [-0.15, -0.1) is 0 Å². The lowest BCUT2D eigenvalue weighted by molar-refractivity contribution is -0.117. The molecule has 0 radical (unpaired) electrons. The van der Waals surface area contributed by atoms with E-state index < -0.39 is 11.2 Å². The smallest absolute Gasteiger partial charge is 0.269 e. The van der Waals surface area contributed by atoms with Crippen LogP contribution >= 0.6 is 43.6 Å². The van der Waals surface area contributed by atoms with E-state index in [1.807, 2.05) is 61.5 Å². The van der Waals surface area contributed by atoms with Crippen LogP contribution in [-0.2, 0) is 16.0 Å². The van der Waals surface area contributed by atoms with Crippen LogP contribution in [0.15, 0.2) is 92.3 Å². The number of anilines is 2. The molecule has 0 aliphatic carbocycles. The van der Waals surface area contributed by atoms with E-state index in [0.717, 1.165) is 20.1 Å². The van der Waals surface area contributed by atoms with Crippen molar-refractivity contribution in [3.63, 3.8) is 0 Å². The van der Waals surface area contributed by atoms with Gasteiger partial charge in [-0.25, -0.2) is 0 Å². The summed E-state index contributed by atoms with van der Waals surface area (Å²) >= 11 is 8.05. The third-order valence-corrected chi connectivity index (χ3v) is 7.55. The molecule has 5 nitrogen and oxygen atoms in total. The molecule has 0 bridgehead atoms. The van der Waals surface area contributed by atoms with Crippen molar-refractivity contribution >= 4 is 66.8 Å². The number of carbonyl (C=O) groups excluding carboxylic acids is 2. The number of nitriles is 1. The second kappa shape index (κ2) is 10.6. The van der Waals surface area contributed by atoms with Crippen LogP contribution in [0.25, 0.3) is 0 Å². The number of hydrogen-bond acceptors (Lipinski definition) is 4. The Balaban J connectivity index is 1.71. The lowest BCUT2D eigenvalue weighted by atomic mass is 10.1. The average Bonchev–Trinajstić information content (AvgIpc) is 3.13. The largest absolute Gasteiger partial charge is 0.321 e. The zero-order chi connectivity index (χ0) is 24.2. The van der Waals surface area contributed by atoms with Gasteiger partial charge in [0.15, 0.2) is 0 Å². The fourth-order valence-corrected chi connectivity index (χ4v) is 5.31. The molecule has 0 spiro atoms. The maximum atomic E-state index is 13.5. The van der Waals surface area contributed by atoms with Gasteiger partial charge < -0.3 is 5.32 Å². The highest BCUT2D eigenvalue weighted by molar-refractivity contribution is 9.10. The van der Waals surface area contributed by atoms with Gasteiger partial charge in [-0.2, -0.15) is 5.26 Å². The van der Waals surface area contributed by atoms with Crippen LogP contribution in [0, 0.1) is 18.3 Å². The summed E-state index contributed by atoms with van der Waals surface area (Å²) in [6.45, 7) is 1.96. The first-order valence-corrected chi connectivity index (χ1v) is 12.9. The van der Waals surface area contributed by atoms with Gasteiger partial charge in [0.05, 0.1) is 5.25 Å². The Morgan fingerprint density at radius 2 is 1.59 bits per heavy atom. The highest BCUT2D eigenvalue weighted by Gasteiger charge is 2.40. The summed E-state index contributed by atoms with van der Waals surface area (Å²) in [7, 11) is 0. The van der Waals surface area contributed by atoms with Crippen LogP contribution in [0.4, 0.5) is 11.4 Å². The van der Waals surface area contributed by atoms with E-state index >= 15 is 0 Å². The van der Waals surface area contributed by atoms with Crippen molar-refractivity contribution in [1.29, 1.82) is 5.26 Å². The minimum atomic E-state index is -0.554. The maximum Gasteiger partial charge on any atom is 0.269 e. The van der Waals surface area contributed by atoms with E-state index in [-0.39, 0.29) is 11.5 Å². The summed E-state index contributed by atoms with van der Waals surface area (Å²) in [6.07, 6.45) is 0.482. The number of nitrogens with one attached hydrogen (secondary N) is 1. The molecule has 170 valence electrons. The second-order valence-electron chi connectivity index (χ2n) is 7.70. The first-order chi connectivity index (χ1) is 16.4. The Labute approximate surface area is 219 Å². The highest BCUT2D eigenvalue weighted by Crippen LogP contribution is 2.42. The minimum Gasteiger partial charge on any atom is -0.321 e. The molecule has 1 heterocycles. The Morgan fingerprint density at radius 3 is 2.18 bits per heavy atom. The molecule has 1 aliphatic rings. The third kappa shape index (κ3) is 5.44. The number of benzene rings is 3. The fourth-order valence-electron chi connectivity index (χ4n) is 3.48. The summed E-state index contributed by atoms with van der Waals surface area (Å²) in [5, 5.41) is 12.6.